The summed E-state index contributed by atoms with van der Waals surface area (Å²) in [6, 6.07) is 12.5. The van der Waals surface area contributed by atoms with Gasteiger partial charge in [0.2, 0.25) is 0 Å². The van der Waals surface area contributed by atoms with Crippen LogP contribution in [-0.2, 0) is 4.74 Å². The highest BCUT2D eigenvalue weighted by atomic mass is 16.5. The first-order valence-electron chi connectivity index (χ1n) is 7.82. The Balaban J connectivity index is 2.09. The number of aliphatic hydroxyl groups excluding tert-OH is 1. The highest BCUT2D eigenvalue weighted by molar-refractivity contribution is 5.87. The predicted octanol–water partition coefficient (Wildman–Crippen LogP) is 4.24. The molecule has 0 aromatic heterocycles. The second-order valence-corrected chi connectivity index (χ2v) is 6.44. The topological polar surface area (TPSA) is 29.5 Å². The van der Waals surface area contributed by atoms with Crippen molar-refractivity contribution in [1.29, 1.82) is 0 Å². The average Bonchev–Trinajstić information content (AvgIpc) is 2.71. The molecule has 1 aliphatic heterocycles. The van der Waals surface area contributed by atoms with E-state index in [9.17, 15) is 5.11 Å². The molecule has 0 aliphatic carbocycles. The number of rotatable bonds is 2. The summed E-state index contributed by atoms with van der Waals surface area (Å²) in [4.78, 5) is 0. The third-order valence-corrected chi connectivity index (χ3v) is 5.17. The molecule has 2 heteroatoms. The van der Waals surface area contributed by atoms with Crippen molar-refractivity contribution < 1.29 is 9.84 Å². The Hall–Kier alpha value is -1.38. The van der Waals surface area contributed by atoms with Gasteiger partial charge in [-0.05, 0) is 48.6 Å². The first-order chi connectivity index (χ1) is 10.0. The molecule has 1 N–H and O–H groups in total. The molecular formula is C19H24O2. The van der Waals surface area contributed by atoms with Gasteiger partial charge in [-0.3, -0.25) is 0 Å². The van der Waals surface area contributed by atoms with E-state index >= 15 is 0 Å². The van der Waals surface area contributed by atoms with Crippen LogP contribution < -0.4 is 0 Å². The van der Waals surface area contributed by atoms with Gasteiger partial charge in [0.05, 0.1) is 18.3 Å². The lowest BCUT2D eigenvalue weighted by atomic mass is 9.80. The van der Waals surface area contributed by atoms with Gasteiger partial charge in [-0.1, -0.05) is 43.3 Å². The Kier molecular flexibility index (Phi) is 3.76. The Morgan fingerprint density at radius 2 is 1.71 bits per heavy atom. The quantitative estimate of drug-likeness (QED) is 0.893. The zero-order valence-corrected chi connectivity index (χ0v) is 13.2. The second kappa shape index (κ2) is 5.43. The van der Waals surface area contributed by atoms with Crippen LogP contribution in [0.1, 0.15) is 38.0 Å². The molecule has 5 unspecified atom stereocenters. The van der Waals surface area contributed by atoms with Crippen LogP contribution in [0.5, 0.6) is 0 Å². The van der Waals surface area contributed by atoms with Crippen LogP contribution in [-0.4, -0.2) is 17.3 Å². The van der Waals surface area contributed by atoms with Gasteiger partial charge in [-0.15, -0.1) is 0 Å². The van der Waals surface area contributed by atoms with E-state index in [0.29, 0.717) is 5.92 Å². The van der Waals surface area contributed by atoms with Crippen molar-refractivity contribution >= 4 is 10.8 Å². The minimum Gasteiger partial charge on any atom is -0.388 e. The minimum absolute atomic E-state index is 0.0865. The summed E-state index contributed by atoms with van der Waals surface area (Å²) >= 11 is 0. The van der Waals surface area contributed by atoms with Gasteiger partial charge in [-0.2, -0.15) is 0 Å². The molecule has 2 aromatic rings. The van der Waals surface area contributed by atoms with Crippen LogP contribution in [0.4, 0.5) is 0 Å². The van der Waals surface area contributed by atoms with Gasteiger partial charge < -0.3 is 9.84 Å². The third-order valence-electron chi connectivity index (χ3n) is 5.17. The van der Waals surface area contributed by atoms with Crippen LogP contribution >= 0.6 is 0 Å². The zero-order chi connectivity index (χ0) is 15.1. The van der Waals surface area contributed by atoms with E-state index in [0.717, 1.165) is 16.5 Å². The molecule has 1 heterocycles. The highest BCUT2D eigenvalue weighted by Crippen LogP contribution is 2.43. The molecule has 1 saturated heterocycles. The molecule has 112 valence electrons. The van der Waals surface area contributed by atoms with Crippen molar-refractivity contribution in [3.63, 3.8) is 0 Å². The number of hydrogen-bond acceptors (Lipinski definition) is 2. The fourth-order valence-corrected chi connectivity index (χ4v) is 3.83. The van der Waals surface area contributed by atoms with Gasteiger partial charge in [0.15, 0.2) is 0 Å². The summed E-state index contributed by atoms with van der Waals surface area (Å²) < 4.78 is 5.92. The Labute approximate surface area is 126 Å². The first kappa shape index (κ1) is 14.6. The Bertz CT molecular complexity index is 649. The molecule has 2 nitrogen and oxygen atoms in total. The largest absolute Gasteiger partial charge is 0.388 e. The van der Waals surface area contributed by atoms with Gasteiger partial charge in [0, 0.05) is 5.92 Å². The monoisotopic (exact) mass is 284 g/mol. The molecule has 21 heavy (non-hydrogen) atoms. The number of aliphatic hydroxyl groups is 1. The summed E-state index contributed by atoms with van der Waals surface area (Å²) in [5, 5.41) is 13.4. The molecular weight excluding hydrogens is 260 g/mol. The lowest BCUT2D eigenvalue weighted by Gasteiger charge is -2.27. The molecule has 2 aromatic carbocycles. The minimum atomic E-state index is -0.481. The van der Waals surface area contributed by atoms with Crippen LogP contribution in [0.3, 0.4) is 0 Å². The fourth-order valence-electron chi connectivity index (χ4n) is 3.83. The normalized spacial score (nSPS) is 30.7. The van der Waals surface area contributed by atoms with Crippen LogP contribution in [0, 0.1) is 18.8 Å². The number of aryl methyl sites for hydroxylation is 1. The molecule has 1 fully saturated rings. The summed E-state index contributed by atoms with van der Waals surface area (Å²) in [5.74, 6) is 0.498. The summed E-state index contributed by atoms with van der Waals surface area (Å²) in [6.45, 7) is 8.44. The van der Waals surface area contributed by atoms with E-state index < -0.39 is 6.10 Å². The van der Waals surface area contributed by atoms with Gasteiger partial charge in [-0.25, -0.2) is 0 Å². The van der Waals surface area contributed by atoms with Gasteiger partial charge in [0.25, 0.3) is 0 Å². The summed E-state index contributed by atoms with van der Waals surface area (Å²) in [6.07, 6.45) is -0.190. The summed E-state index contributed by atoms with van der Waals surface area (Å²) in [7, 11) is 0. The number of ether oxygens (including phenoxy) is 1. The average molecular weight is 284 g/mol. The molecule has 0 spiro atoms. The van der Waals surface area contributed by atoms with Crippen LogP contribution in [0.2, 0.25) is 0 Å². The zero-order valence-electron chi connectivity index (χ0n) is 13.2. The van der Waals surface area contributed by atoms with Crippen molar-refractivity contribution in [1.82, 2.24) is 0 Å². The first-order valence-corrected chi connectivity index (χ1v) is 7.82. The maximum absolute atomic E-state index is 11.1. The van der Waals surface area contributed by atoms with E-state index in [-0.39, 0.29) is 18.1 Å². The van der Waals surface area contributed by atoms with Crippen LogP contribution in [0.25, 0.3) is 10.8 Å². The third kappa shape index (κ3) is 2.37. The number of benzene rings is 2. The second-order valence-electron chi connectivity index (χ2n) is 6.44. The maximum atomic E-state index is 11.1. The molecule has 1 aliphatic rings. The smallest absolute Gasteiger partial charge is 0.0854 e. The van der Waals surface area contributed by atoms with Gasteiger partial charge in [0.1, 0.15) is 0 Å². The van der Waals surface area contributed by atoms with E-state index in [1.807, 2.05) is 12.1 Å². The maximum Gasteiger partial charge on any atom is 0.0854 e. The molecule has 3 rings (SSSR count). The van der Waals surface area contributed by atoms with Crippen molar-refractivity contribution in [3.05, 3.63) is 47.5 Å². The predicted molar refractivity (Wildman–Crippen MR) is 86.3 cm³/mol. The fraction of sp³-hybridized carbons (Fsp3) is 0.474. The Morgan fingerprint density at radius 3 is 2.38 bits per heavy atom. The molecule has 0 amide bonds. The van der Waals surface area contributed by atoms with Crippen molar-refractivity contribution in [2.75, 3.05) is 0 Å². The molecule has 5 atom stereocenters. The van der Waals surface area contributed by atoms with Crippen LogP contribution in [0.15, 0.2) is 36.4 Å². The van der Waals surface area contributed by atoms with Crippen molar-refractivity contribution in [2.24, 2.45) is 11.8 Å². The van der Waals surface area contributed by atoms with Gasteiger partial charge >= 0.3 is 0 Å². The molecule has 0 saturated carbocycles. The van der Waals surface area contributed by atoms with Crippen molar-refractivity contribution in [2.45, 2.75) is 46.0 Å². The highest BCUT2D eigenvalue weighted by Gasteiger charge is 2.42. The van der Waals surface area contributed by atoms with E-state index in [1.165, 1.54) is 5.39 Å². The SMILES string of the molecule is Cc1ccc2ccccc2c1C(O)C1C(C)OC(C)C1C. The van der Waals surface area contributed by atoms with E-state index in [2.05, 4.69) is 52.0 Å². The molecule has 0 radical (unpaired) electrons. The lowest BCUT2D eigenvalue weighted by Crippen LogP contribution is -2.25. The van der Waals surface area contributed by atoms with Crippen molar-refractivity contribution in [3.8, 4) is 0 Å². The number of hydrogen-bond donors (Lipinski definition) is 1. The standard InChI is InChI=1S/C19H24O2/c1-11-9-10-15-7-5-6-8-16(15)17(11)19(20)18-12(2)13(3)21-14(18)4/h5-10,12-14,18-20H,1-4H3. The van der Waals surface area contributed by atoms with E-state index in [1.54, 1.807) is 0 Å². The number of fused-ring (bicyclic) bond motifs is 1. The van der Waals surface area contributed by atoms with E-state index in [4.69, 9.17) is 4.74 Å². The summed E-state index contributed by atoms with van der Waals surface area (Å²) in [5.41, 5.74) is 2.22. The molecule has 0 bridgehead atoms. The lowest BCUT2D eigenvalue weighted by molar-refractivity contribution is 0.0234. The Morgan fingerprint density at radius 1 is 1.00 bits per heavy atom.